The van der Waals surface area contributed by atoms with E-state index in [-0.39, 0.29) is 36.5 Å². The van der Waals surface area contributed by atoms with E-state index in [0.29, 0.717) is 0 Å². The number of allylic oxidation sites excluding steroid dienone is 2. The van der Waals surface area contributed by atoms with Crippen LogP contribution in [-0.4, -0.2) is 39.7 Å². The summed E-state index contributed by atoms with van der Waals surface area (Å²) >= 11 is 1.69. The molecule has 0 aliphatic carbocycles. The van der Waals surface area contributed by atoms with Crippen molar-refractivity contribution in [3.8, 4) is 0 Å². The molecular formula is C26H29Cl2N3OS. The van der Waals surface area contributed by atoms with Crippen LogP contribution in [0.5, 0.6) is 0 Å². The molecule has 1 saturated heterocycles. The molecule has 0 spiro atoms. The first kappa shape index (κ1) is 25.6. The van der Waals surface area contributed by atoms with Crippen molar-refractivity contribution in [2.24, 2.45) is 5.92 Å². The molecule has 1 fully saturated rings. The van der Waals surface area contributed by atoms with Crippen LogP contribution in [0.3, 0.4) is 0 Å². The number of nitrogens with zero attached hydrogens (tertiary/aromatic N) is 3. The lowest BCUT2D eigenvalue weighted by atomic mass is 9.92. The number of likely N-dealkylation sites (tertiary alicyclic amines) is 1. The minimum absolute atomic E-state index is 0. The van der Waals surface area contributed by atoms with Crippen LogP contribution in [0.2, 0.25) is 0 Å². The zero-order valence-corrected chi connectivity index (χ0v) is 20.9. The molecule has 2 aliphatic heterocycles. The summed E-state index contributed by atoms with van der Waals surface area (Å²) in [4.78, 5) is 20.8. The van der Waals surface area contributed by atoms with Gasteiger partial charge in [0, 0.05) is 10.8 Å². The molecule has 0 amide bonds. The van der Waals surface area contributed by atoms with E-state index in [4.69, 9.17) is 0 Å². The van der Waals surface area contributed by atoms with Crippen molar-refractivity contribution >= 4 is 54.1 Å². The number of carbonyl (C=O) groups is 1. The van der Waals surface area contributed by atoms with Gasteiger partial charge < -0.3 is 4.90 Å². The van der Waals surface area contributed by atoms with Crippen molar-refractivity contribution < 1.29 is 4.79 Å². The molecule has 1 aromatic carbocycles. The number of rotatable bonds is 7. The summed E-state index contributed by atoms with van der Waals surface area (Å²) in [6, 6.07) is 16.8. The van der Waals surface area contributed by atoms with Gasteiger partial charge in [-0.1, -0.05) is 48.2 Å². The zero-order chi connectivity index (χ0) is 21.0. The maximum absolute atomic E-state index is 12.8. The van der Waals surface area contributed by atoms with Crippen LogP contribution in [0.25, 0.3) is 11.7 Å². The van der Waals surface area contributed by atoms with Crippen LogP contribution < -0.4 is 0 Å². The topological polar surface area (TPSA) is 37.6 Å². The summed E-state index contributed by atoms with van der Waals surface area (Å²) in [6.07, 6.45) is 12.0. The SMILES string of the molecule is Cl.Cl.O=C(/C=C/C1=Cc2cnc3cccc(n23)S1)C1CCN(CCCc2ccccc2)CC1. The Hall–Kier alpha value is -2.05. The maximum atomic E-state index is 12.8. The number of benzene rings is 1. The Morgan fingerprint density at radius 3 is 2.64 bits per heavy atom. The number of ketones is 1. The predicted octanol–water partition coefficient (Wildman–Crippen LogP) is 6.09. The van der Waals surface area contributed by atoms with Crippen LogP contribution in [0, 0.1) is 5.92 Å². The van der Waals surface area contributed by atoms with E-state index in [1.165, 1.54) is 12.0 Å². The number of thioether (sulfide) groups is 1. The first-order chi connectivity index (χ1) is 15.3. The third-order valence-corrected chi connectivity index (χ3v) is 7.24. The number of piperidine rings is 1. The fraction of sp³-hybridized carbons (Fsp3) is 0.308. The van der Waals surface area contributed by atoms with Crippen LogP contribution in [-0.2, 0) is 11.2 Å². The van der Waals surface area contributed by atoms with E-state index in [1.54, 1.807) is 17.8 Å². The van der Waals surface area contributed by atoms with E-state index >= 15 is 0 Å². The fourth-order valence-corrected chi connectivity index (χ4v) is 5.48. The van der Waals surface area contributed by atoms with Gasteiger partial charge in [0.1, 0.15) is 5.65 Å². The minimum Gasteiger partial charge on any atom is -0.303 e. The molecule has 33 heavy (non-hydrogen) atoms. The molecular weight excluding hydrogens is 473 g/mol. The van der Waals surface area contributed by atoms with E-state index in [0.717, 1.165) is 60.2 Å². The summed E-state index contributed by atoms with van der Waals surface area (Å²) in [5.74, 6) is 0.424. The predicted molar refractivity (Wildman–Crippen MR) is 142 cm³/mol. The molecule has 0 N–H and O–H groups in total. The Kier molecular flexibility index (Phi) is 9.21. The van der Waals surface area contributed by atoms with Gasteiger partial charge >= 0.3 is 0 Å². The Morgan fingerprint density at radius 2 is 1.85 bits per heavy atom. The number of imidazole rings is 1. The lowest BCUT2D eigenvalue weighted by Gasteiger charge is -2.30. The number of hydrogen-bond acceptors (Lipinski definition) is 4. The van der Waals surface area contributed by atoms with Gasteiger partial charge in [-0.15, -0.1) is 24.8 Å². The molecule has 0 unspecified atom stereocenters. The van der Waals surface area contributed by atoms with Crippen molar-refractivity contribution in [3.63, 3.8) is 0 Å². The lowest BCUT2D eigenvalue weighted by Crippen LogP contribution is -2.36. The van der Waals surface area contributed by atoms with Crippen LogP contribution in [0.4, 0.5) is 0 Å². The Bertz CT molecular complexity index is 1130. The zero-order valence-electron chi connectivity index (χ0n) is 18.4. The third-order valence-electron chi connectivity index (χ3n) is 6.22. The molecule has 4 heterocycles. The van der Waals surface area contributed by atoms with E-state index in [9.17, 15) is 4.79 Å². The largest absolute Gasteiger partial charge is 0.303 e. The number of aryl methyl sites for hydroxylation is 1. The van der Waals surface area contributed by atoms with Crippen molar-refractivity contribution in [1.82, 2.24) is 14.3 Å². The quantitative estimate of drug-likeness (QED) is 0.366. The molecule has 0 saturated carbocycles. The molecule has 174 valence electrons. The summed E-state index contributed by atoms with van der Waals surface area (Å²) < 4.78 is 2.15. The average Bonchev–Trinajstić information content (AvgIpc) is 3.23. The Labute approximate surface area is 212 Å². The Balaban J connectivity index is 0.00000153. The summed E-state index contributed by atoms with van der Waals surface area (Å²) in [5.41, 5.74) is 3.44. The van der Waals surface area contributed by atoms with Crippen LogP contribution in [0.15, 0.2) is 76.8 Å². The standard InChI is InChI=1S/C26H27N3OS.2ClH/c30-24(12-11-23-18-22-19-27-25-9-4-10-26(31-23)29(22)25)21-13-16-28(17-14-21)15-5-8-20-6-2-1-3-7-20;;/h1-4,6-7,9-12,18-19,21H,5,8,13-17H2;2*1H/b12-11+;;. The molecule has 0 bridgehead atoms. The van der Waals surface area contributed by atoms with Crippen molar-refractivity contribution in [2.75, 3.05) is 19.6 Å². The van der Waals surface area contributed by atoms with Crippen LogP contribution in [0.1, 0.15) is 30.5 Å². The number of halogens is 2. The maximum Gasteiger partial charge on any atom is 0.158 e. The minimum atomic E-state index is 0. The highest BCUT2D eigenvalue weighted by molar-refractivity contribution is 8.03. The smallest absolute Gasteiger partial charge is 0.158 e. The second kappa shape index (κ2) is 11.9. The van der Waals surface area contributed by atoms with Gasteiger partial charge in [-0.05, 0) is 81.2 Å². The first-order valence-corrected chi connectivity index (χ1v) is 11.9. The van der Waals surface area contributed by atoms with E-state index in [2.05, 4.69) is 56.8 Å². The molecule has 5 rings (SSSR count). The fourth-order valence-electron chi connectivity index (χ4n) is 4.48. The van der Waals surface area contributed by atoms with E-state index < -0.39 is 0 Å². The van der Waals surface area contributed by atoms with Gasteiger partial charge in [-0.3, -0.25) is 9.20 Å². The van der Waals surface area contributed by atoms with Crippen LogP contribution >= 0.6 is 36.6 Å². The second-order valence-corrected chi connectivity index (χ2v) is 9.42. The average molecular weight is 503 g/mol. The highest BCUT2D eigenvalue weighted by Gasteiger charge is 2.23. The van der Waals surface area contributed by atoms with Gasteiger partial charge in [-0.2, -0.15) is 0 Å². The molecule has 2 aromatic heterocycles. The molecule has 7 heteroatoms. The van der Waals surface area contributed by atoms with Gasteiger partial charge in [0.2, 0.25) is 0 Å². The molecule has 3 aromatic rings. The molecule has 2 aliphatic rings. The third kappa shape index (κ3) is 6.10. The summed E-state index contributed by atoms with van der Waals surface area (Å²) in [6.45, 7) is 3.17. The number of aromatic nitrogens is 2. The monoisotopic (exact) mass is 501 g/mol. The van der Waals surface area contributed by atoms with Gasteiger partial charge in [0.25, 0.3) is 0 Å². The highest BCUT2D eigenvalue weighted by Crippen LogP contribution is 2.35. The Morgan fingerprint density at radius 1 is 1.06 bits per heavy atom. The molecule has 0 atom stereocenters. The summed E-state index contributed by atoms with van der Waals surface area (Å²) in [5, 5.41) is 1.14. The molecule has 4 nitrogen and oxygen atoms in total. The summed E-state index contributed by atoms with van der Waals surface area (Å²) in [7, 11) is 0. The van der Waals surface area contributed by atoms with E-state index in [1.807, 2.05) is 24.4 Å². The highest BCUT2D eigenvalue weighted by atomic mass is 35.5. The lowest BCUT2D eigenvalue weighted by molar-refractivity contribution is -0.119. The first-order valence-electron chi connectivity index (χ1n) is 11.1. The van der Waals surface area contributed by atoms with Crippen molar-refractivity contribution in [3.05, 3.63) is 83.0 Å². The van der Waals surface area contributed by atoms with Gasteiger partial charge in [-0.25, -0.2) is 4.98 Å². The van der Waals surface area contributed by atoms with Gasteiger partial charge in [0.15, 0.2) is 5.78 Å². The molecule has 0 radical (unpaired) electrons. The van der Waals surface area contributed by atoms with Crippen molar-refractivity contribution in [2.45, 2.75) is 30.7 Å². The van der Waals surface area contributed by atoms with Crippen molar-refractivity contribution in [1.29, 1.82) is 0 Å². The van der Waals surface area contributed by atoms with Gasteiger partial charge in [0.05, 0.1) is 16.9 Å². The number of carbonyl (C=O) groups excluding carboxylic acids is 1. The number of hydrogen-bond donors (Lipinski definition) is 0. The second-order valence-electron chi connectivity index (χ2n) is 8.33. The number of pyridine rings is 1. The normalized spacial score (nSPS) is 16.3.